The summed E-state index contributed by atoms with van der Waals surface area (Å²) < 4.78 is 5.91. The smallest absolute Gasteiger partial charge is 0.308 e. The van der Waals surface area contributed by atoms with E-state index in [0.29, 0.717) is 17.8 Å². The van der Waals surface area contributed by atoms with Crippen LogP contribution in [-0.4, -0.2) is 24.0 Å². The van der Waals surface area contributed by atoms with E-state index in [1.807, 2.05) is 30.3 Å². The molecule has 28 heavy (non-hydrogen) atoms. The lowest BCUT2D eigenvalue weighted by atomic mass is 9.75. The molecule has 0 aliphatic heterocycles. The van der Waals surface area contributed by atoms with Crippen LogP contribution in [0.4, 0.5) is 0 Å². The largest absolute Gasteiger partial charge is 0.462 e. The van der Waals surface area contributed by atoms with Crippen LogP contribution in [0.5, 0.6) is 0 Å². The number of nitrogens with one attached hydrogen (secondary N) is 1. The molecule has 1 aromatic carbocycles. The van der Waals surface area contributed by atoms with E-state index < -0.39 is 12.1 Å². The zero-order chi connectivity index (χ0) is 20.0. The zero-order valence-corrected chi connectivity index (χ0v) is 18.2. The lowest BCUT2D eigenvalue weighted by molar-refractivity contribution is -0.156. The summed E-state index contributed by atoms with van der Waals surface area (Å²) in [6, 6.07) is 8.43. The van der Waals surface area contributed by atoms with Gasteiger partial charge in [-0.25, -0.2) is 0 Å². The van der Waals surface area contributed by atoms with Crippen LogP contribution in [0, 0.1) is 17.8 Å². The number of hydrogen-bond donors (Lipinski definition) is 2. The SMILES string of the molecule is CC(C)[C@@H]1CC[C@@H](C)C[C@H]1OC(=O)C[C@@H](NC(=O)[C@@H](C)N)c1ccccc1.Cl. The molecule has 158 valence electrons. The summed E-state index contributed by atoms with van der Waals surface area (Å²) in [6.45, 7) is 8.23. The first-order chi connectivity index (χ1) is 12.8. The molecule has 3 N–H and O–H groups in total. The Morgan fingerprint density at radius 3 is 2.39 bits per heavy atom. The fourth-order valence-corrected chi connectivity index (χ4v) is 3.87. The predicted molar refractivity (Wildman–Crippen MR) is 114 cm³/mol. The van der Waals surface area contributed by atoms with Gasteiger partial charge in [0.25, 0.3) is 0 Å². The molecule has 0 bridgehead atoms. The lowest BCUT2D eigenvalue weighted by Crippen LogP contribution is -2.41. The van der Waals surface area contributed by atoms with Gasteiger partial charge >= 0.3 is 5.97 Å². The van der Waals surface area contributed by atoms with Crippen LogP contribution in [0.1, 0.15) is 65.0 Å². The maximum atomic E-state index is 12.7. The number of hydrogen-bond acceptors (Lipinski definition) is 4. The van der Waals surface area contributed by atoms with Gasteiger partial charge in [-0.1, -0.05) is 57.5 Å². The van der Waals surface area contributed by atoms with Crippen LogP contribution in [0.2, 0.25) is 0 Å². The summed E-state index contributed by atoms with van der Waals surface area (Å²) in [6.07, 6.45) is 3.27. The molecule has 0 spiro atoms. The van der Waals surface area contributed by atoms with E-state index >= 15 is 0 Å². The highest BCUT2D eigenvalue weighted by Crippen LogP contribution is 2.35. The number of carbonyl (C=O) groups is 2. The third-order valence-corrected chi connectivity index (χ3v) is 5.55. The highest BCUT2D eigenvalue weighted by atomic mass is 35.5. The minimum atomic E-state index is -0.628. The average Bonchev–Trinajstić information content (AvgIpc) is 2.61. The second-order valence-electron chi connectivity index (χ2n) is 8.32. The maximum Gasteiger partial charge on any atom is 0.308 e. The van der Waals surface area contributed by atoms with Gasteiger partial charge < -0.3 is 15.8 Å². The summed E-state index contributed by atoms with van der Waals surface area (Å²) in [5.41, 5.74) is 6.56. The quantitative estimate of drug-likeness (QED) is 0.665. The number of ether oxygens (including phenoxy) is 1. The molecule has 1 saturated carbocycles. The monoisotopic (exact) mass is 410 g/mol. The number of halogens is 1. The van der Waals surface area contributed by atoms with Crippen molar-refractivity contribution in [1.29, 1.82) is 0 Å². The number of esters is 1. The summed E-state index contributed by atoms with van der Waals surface area (Å²) in [5.74, 6) is 0.916. The van der Waals surface area contributed by atoms with E-state index in [9.17, 15) is 9.59 Å². The van der Waals surface area contributed by atoms with Crippen LogP contribution in [0.3, 0.4) is 0 Å². The minimum Gasteiger partial charge on any atom is -0.462 e. The van der Waals surface area contributed by atoms with Gasteiger partial charge in [-0.15, -0.1) is 12.4 Å². The van der Waals surface area contributed by atoms with Crippen LogP contribution in [-0.2, 0) is 14.3 Å². The van der Waals surface area contributed by atoms with Crippen molar-refractivity contribution < 1.29 is 14.3 Å². The zero-order valence-electron chi connectivity index (χ0n) is 17.4. The van der Waals surface area contributed by atoms with Crippen molar-refractivity contribution in [3.05, 3.63) is 35.9 Å². The molecule has 5 nitrogen and oxygen atoms in total. The fourth-order valence-electron chi connectivity index (χ4n) is 3.87. The van der Waals surface area contributed by atoms with Crippen molar-refractivity contribution in [3.8, 4) is 0 Å². The maximum absolute atomic E-state index is 12.7. The molecular weight excluding hydrogens is 376 g/mol. The van der Waals surface area contributed by atoms with Crippen molar-refractivity contribution in [1.82, 2.24) is 5.32 Å². The Balaban J connectivity index is 0.00000392. The summed E-state index contributed by atoms with van der Waals surface area (Å²) in [5, 5.41) is 2.88. The molecule has 1 aromatic rings. The second-order valence-corrected chi connectivity index (χ2v) is 8.32. The molecule has 0 unspecified atom stereocenters. The minimum absolute atomic E-state index is 0. The highest BCUT2D eigenvalue weighted by molar-refractivity contribution is 5.85. The van der Waals surface area contributed by atoms with Gasteiger partial charge in [0, 0.05) is 0 Å². The van der Waals surface area contributed by atoms with Crippen molar-refractivity contribution in [2.24, 2.45) is 23.5 Å². The Hall–Kier alpha value is -1.59. The number of nitrogens with two attached hydrogens (primary N) is 1. The molecule has 1 fully saturated rings. The Kier molecular flexibility index (Phi) is 9.97. The van der Waals surface area contributed by atoms with Crippen molar-refractivity contribution in [2.45, 2.75) is 71.6 Å². The van der Waals surface area contributed by atoms with E-state index in [1.54, 1.807) is 6.92 Å². The van der Waals surface area contributed by atoms with Crippen molar-refractivity contribution >= 4 is 24.3 Å². The predicted octanol–water partition coefficient (Wildman–Crippen LogP) is 4.01. The van der Waals surface area contributed by atoms with Crippen LogP contribution in [0.15, 0.2) is 30.3 Å². The molecule has 0 aromatic heterocycles. The molecule has 1 aliphatic rings. The first-order valence-electron chi connectivity index (χ1n) is 10.1. The van der Waals surface area contributed by atoms with E-state index in [1.165, 1.54) is 6.42 Å². The topological polar surface area (TPSA) is 81.4 Å². The van der Waals surface area contributed by atoms with Gasteiger partial charge in [-0.05, 0) is 43.1 Å². The molecular formula is C22H35ClN2O3. The molecule has 1 amide bonds. The summed E-state index contributed by atoms with van der Waals surface area (Å²) in [4.78, 5) is 24.8. The third-order valence-electron chi connectivity index (χ3n) is 5.55. The van der Waals surface area contributed by atoms with Crippen LogP contribution in [0.25, 0.3) is 0 Å². The molecule has 0 heterocycles. The van der Waals surface area contributed by atoms with Crippen LogP contribution < -0.4 is 11.1 Å². The van der Waals surface area contributed by atoms with Crippen molar-refractivity contribution in [3.63, 3.8) is 0 Å². The van der Waals surface area contributed by atoms with Gasteiger partial charge in [-0.2, -0.15) is 0 Å². The number of amides is 1. The molecule has 0 radical (unpaired) electrons. The normalized spacial score (nSPS) is 24.0. The van der Waals surface area contributed by atoms with Gasteiger partial charge in [0.1, 0.15) is 6.10 Å². The average molecular weight is 411 g/mol. The first-order valence-corrected chi connectivity index (χ1v) is 10.1. The number of rotatable bonds is 7. The summed E-state index contributed by atoms with van der Waals surface area (Å²) >= 11 is 0. The van der Waals surface area contributed by atoms with Crippen LogP contribution >= 0.6 is 12.4 Å². The molecule has 6 heteroatoms. The Labute approximate surface area is 175 Å². The third kappa shape index (κ3) is 7.10. The number of carbonyl (C=O) groups excluding carboxylic acids is 2. The van der Waals surface area contributed by atoms with E-state index in [-0.39, 0.29) is 36.8 Å². The van der Waals surface area contributed by atoms with Crippen molar-refractivity contribution in [2.75, 3.05) is 0 Å². The van der Waals surface area contributed by atoms with Gasteiger partial charge in [0.05, 0.1) is 18.5 Å². The molecule has 2 rings (SSSR count). The lowest BCUT2D eigenvalue weighted by Gasteiger charge is -2.37. The fraction of sp³-hybridized carbons (Fsp3) is 0.636. The van der Waals surface area contributed by atoms with Gasteiger partial charge in [0.15, 0.2) is 0 Å². The molecule has 0 saturated heterocycles. The van der Waals surface area contributed by atoms with E-state index in [4.69, 9.17) is 10.5 Å². The second kappa shape index (κ2) is 11.4. The standard InChI is InChI=1S/C22H34N2O3.ClH/c1-14(2)18-11-10-15(3)12-20(18)27-21(25)13-19(24-22(26)16(4)23)17-8-6-5-7-9-17;/h5-9,14-16,18-20H,10-13,23H2,1-4H3,(H,24,26);1H/t15-,16-,18+,19-,20-;/m1./s1. The summed E-state index contributed by atoms with van der Waals surface area (Å²) in [7, 11) is 0. The Morgan fingerprint density at radius 1 is 1.18 bits per heavy atom. The van der Waals surface area contributed by atoms with Gasteiger partial charge in [0.2, 0.25) is 5.91 Å². The van der Waals surface area contributed by atoms with Gasteiger partial charge in [-0.3, -0.25) is 9.59 Å². The first kappa shape index (κ1) is 24.4. The van der Waals surface area contributed by atoms with E-state index in [2.05, 4.69) is 26.1 Å². The molecule has 1 aliphatic carbocycles. The Morgan fingerprint density at radius 2 is 1.82 bits per heavy atom. The Bertz CT molecular complexity index is 621. The highest BCUT2D eigenvalue weighted by Gasteiger charge is 2.34. The van der Waals surface area contributed by atoms with E-state index in [0.717, 1.165) is 18.4 Å². The molecule has 5 atom stereocenters. The number of benzene rings is 1.